The summed E-state index contributed by atoms with van der Waals surface area (Å²) in [4.78, 5) is 2.38. The summed E-state index contributed by atoms with van der Waals surface area (Å²) < 4.78 is 5.52. The number of hydrogen-bond donors (Lipinski definition) is 1. The zero-order valence-corrected chi connectivity index (χ0v) is 9.98. The van der Waals surface area contributed by atoms with Gasteiger partial charge in [0.15, 0.2) is 0 Å². The number of ether oxygens (including phenoxy) is 1. The predicted molar refractivity (Wildman–Crippen MR) is 70.5 cm³/mol. The molecule has 1 saturated heterocycles. The molecule has 0 aromatic heterocycles. The molecular formula is C14H18N2O. The predicted octanol–water partition coefficient (Wildman–Crippen LogP) is 1.50. The van der Waals surface area contributed by atoms with Crippen molar-refractivity contribution in [1.29, 1.82) is 0 Å². The molecule has 0 saturated carbocycles. The summed E-state index contributed by atoms with van der Waals surface area (Å²) in [5.41, 5.74) is 1.26. The first-order valence-electron chi connectivity index (χ1n) is 6.02. The Morgan fingerprint density at radius 3 is 2.59 bits per heavy atom. The molecule has 1 heterocycles. The smallest absolute Gasteiger partial charge is 0.119 e. The van der Waals surface area contributed by atoms with Gasteiger partial charge in [-0.15, -0.1) is 12.3 Å². The molecule has 0 spiro atoms. The molecule has 0 bridgehead atoms. The summed E-state index contributed by atoms with van der Waals surface area (Å²) in [6.07, 6.45) is 5.82. The molecular weight excluding hydrogens is 212 g/mol. The average molecular weight is 230 g/mol. The number of nitrogens with one attached hydrogen (secondary N) is 1. The molecule has 90 valence electrons. The van der Waals surface area contributed by atoms with E-state index in [1.165, 1.54) is 5.69 Å². The van der Waals surface area contributed by atoms with Crippen LogP contribution in [0.5, 0.6) is 5.75 Å². The molecule has 0 amide bonds. The minimum Gasteiger partial charge on any atom is -0.493 e. The van der Waals surface area contributed by atoms with E-state index in [4.69, 9.17) is 11.2 Å². The molecule has 3 heteroatoms. The van der Waals surface area contributed by atoms with Crippen molar-refractivity contribution >= 4 is 5.69 Å². The molecule has 0 unspecified atom stereocenters. The van der Waals surface area contributed by atoms with E-state index in [0.717, 1.165) is 31.9 Å². The summed E-state index contributed by atoms with van der Waals surface area (Å²) >= 11 is 0. The van der Waals surface area contributed by atoms with Crippen LogP contribution < -0.4 is 15.0 Å². The molecule has 2 rings (SSSR count). The van der Waals surface area contributed by atoms with E-state index in [1.807, 2.05) is 12.1 Å². The van der Waals surface area contributed by atoms with E-state index in [9.17, 15) is 0 Å². The van der Waals surface area contributed by atoms with Crippen LogP contribution in [0.25, 0.3) is 0 Å². The Kier molecular flexibility index (Phi) is 4.29. The van der Waals surface area contributed by atoms with Crippen LogP contribution in [0.2, 0.25) is 0 Å². The second-order valence-electron chi connectivity index (χ2n) is 4.03. The van der Waals surface area contributed by atoms with Crippen molar-refractivity contribution in [3.05, 3.63) is 24.3 Å². The normalized spacial score (nSPS) is 15.4. The van der Waals surface area contributed by atoms with Crippen molar-refractivity contribution in [2.24, 2.45) is 0 Å². The van der Waals surface area contributed by atoms with Crippen molar-refractivity contribution in [3.8, 4) is 18.1 Å². The van der Waals surface area contributed by atoms with Crippen molar-refractivity contribution in [2.45, 2.75) is 6.42 Å². The highest BCUT2D eigenvalue weighted by atomic mass is 16.5. The number of terminal acetylenes is 1. The quantitative estimate of drug-likeness (QED) is 0.626. The molecule has 0 radical (unpaired) electrons. The van der Waals surface area contributed by atoms with Gasteiger partial charge in [0, 0.05) is 38.3 Å². The third-order valence-electron chi connectivity index (χ3n) is 2.83. The van der Waals surface area contributed by atoms with Crippen LogP contribution in [-0.2, 0) is 0 Å². The molecule has 1 aliphatic heterocycles. The third-order valence-corrected chi connectivity index (χ3v) is 2.83. The molecule has 3 nitrogen and oxygen atoms in total. The summed E-state index contributed by atoms with van der Waals surface area (Å²) in [7, 11) is 0. The Morgan fingerprint density at radius 2 is 1.94 bits per heavy atom. The molecule has 0 aliphatic carbocycles. The van der Waals surface area contributed by atoms with E-state index < -0.39 is 0 Å². The maximum Gasteiger partial charge on any atom is 0.119 e. The van der Waals surface area contributed by atoms with Gasteiger partial charge in [0.1, 0.15) is 5.75 Å². The molecule has 1 fully saturated rings. The highest BCUT2D eigenvalue weighted by Gasteiger charge is 2.09. The van der Waals surface area contributed by atoms with Crippen LogP contribution >= 0.6 is 0 Å². The average Bonchev–Trinajstić information content (AvgIpc) is 2.41. The fourth-order valence-corrected chi connectivity index (χ4v) is 1.90. The lowest BCUT2D eigenvalue weighted by atomic mass is 10.2. The molecule has 0 atom stereocenters. The summed E-state index contributed by atoms with van der Waals surface area (Å²) in [6, 6.07) is 8.23. The standard InChI is InChI=1S/C14H18N2O/c1-2-3-12-17-14-6-4-13(5-7-14)16-10-8-15-9-11-16/h1,4-7,15H,3,8-12H2. The summed E-state index contributed by atoms with van der Waals surface area (Å²) in [6.45, 7) is 4.83. The van der Waals surface area contributed by atoms with E-state index in [-0.39, 0.29) is 0 Å². The summed E-state index contributed by atoms with van der Waals surface area (Å²) in [5, 5.41) is 3.35. The largest absolute Gasteiger partial charge is 0.493 e. The van der Waals surface area contributed by atoms with Gasteiger partial charge in [-0.1, -0.05) is 0 Å². The Bertz CT molecular complexity index is 374. The topological polar surface area (TPSA) is 24.5 Å². The van der Waals surface area contributed by atoms with Crippen LogP contribution in [0.4, 0.5) is 5.69 Å². The zero-order valence-electron chi connectivity index (χ0n) is 9.98. The van der Waals surface area contributed by atoms with Gasteiger partial charge in [-0.25, -0.2) is 0 Å². The van der Waals surface area contributed by atoms with Crippen molar-refractivity contribution in [2.75, 3.05) is 37.7 Å². The minimum atomic E-state index is 0.587. The first-order chi connectivity index (χ1) is 8.40. The molecule has 17 heavy (non-hydrogen) atoms. The number of benzene rings is 1. The second kappa shape index (κ2) is 6.17. The van der Waals surface area contributed by atoms with Gasteiger partial charge in [0.2, 0.25) is 0 Å². The molecule has 1 aromatic carbocycles. The number of nitrogens with zero attached hydrogens (tertiary/aromatic N) is 1. The first kappa shape index (κ1) is 11.8. The summed E-state index contributed by atoms with van der Waals surface area (Å²) in [5.74, 6) is 3.45. The van der Waals surface area contributed by atoms with Crippen LogP contribution in [0.1, 0.15) is 6.42 Å². The van der Waals surface area contributed by atoms with E-state index >= 15 is 0 Å². The van der Waals surface area contributed by atoms with Gasteiger partial charge in [-0.3, -0.25) is 0 Å². The Labute approximate surface area is 103 Å². The fourth-order valence-electron chi connectivity index (χ4n) is 1.90. The van der Waals surface area contributed by atoms with Crippen LogP contribution in [0.3, 0.4) is 0 Å². The van der Waals surface area contributed by atoms with Crippen molar-refractivity contribution < 1.29 is 4.74 Å². The number of piperazine rings is 1. The lowest BCUT2D eigenvalue weighted by molar-refractivity contribution is 0.327. The van der Waals surface area contributed by atoms with Crippen LogP contribution in [0.15, 0.2) is 24.3 Å². The van der Waals surface area contributed by atoms with Crippen LogP contribution in [-0.4, -0.2) is 32.8 Å². The monoisotopic (exact) mass is 230 g/mol. The van der Waals surface area contributed by atoms with Crippen molar-refractivity contribution in [3.63, 3.8) is 0 Å². The van der Waals surface area contributed by atoms with E-state index in [1.54, 1.807) is 0 Å². The maximum absolute atomic E-state index is 5.52. The number of rotatable bonds is 4. The van der Waals surface area contributed by atoms with Gasteiger partial charge < -0.3 is 15.0 Å². The fraction of sp³-hybridized carbons (Fsp3) is 0.429. The maximum atomic E-state index is 5.52. The van der Waals surface area contributed by atoms with Gasteiger partial charge in [0.05, 0.1) is 6.61 Å². The van der Waals surface area contributed by atoms with Gasteiger partial charge >= 0.3 is 0 Å². The lowest BCUT2D eigenvalue weighted by Gasteiger charge is -2.29. The molecule has 1 N–H and O–H groups in total. The number of anilines is 1. The number of hydrogen-bond acceptors (Lipinski definition) is 3. The minimum absolute atomic E-state index is 0.587. The highest BCUT2D eigenvalue weighted by molar-refractivity contribution is 5.49. The zero-order chi connectivity index (χ0) is 11.9. The van der Waals surface area contributed by atoms with Gasteiger partial charge in [-0.05, 0) is 24.3 Å². The lowest BCUT2D eigenvalue weighted by Crippen LogP contribution is -2.43. The van der Waals surface area contributed by atoms with E-state index in [0.29, 0.717) is 13.0 Å². The Morgan fingerprint density at radius 1 is 1.24 bits per heavy atom. The van der Waals surface area contributed by atoms with Crippen molar-refractivity contribution in [1.82, 2.24) is 5.32 Å². The first-order valence-corrected chi connectivity index (χ1v) is 6.02. The second-order valence-corrected chi connectivity index (χ2v) is 4.03. The van der Waals surface area contributed by atoms with Crippen LogP contribution in [0, 0.1) is 12.3 Å². The Balaban J connectivity index is 1.90. The van der Waals surface area contributed by atoms with Gasteiger partial charge in [0.25, 0.3) is 0 Å². The Hall–Kier alpha value is -1.66. The van der Waals surface area contributed by atoms with Gasteiger partial charge in [-0.2, -0.15) is 0 Å². The van der Waals surface area contributed by atoms with E-state index in [2.05, 4.69) is 28.3 Å². The molecule has 1 aromatic rings. The highest BCUT2D eigenvalue weighted by Crippen LogP contribution is 2.19. The third kappa shape index (κ3) is 3.40. The molecule has 1 aliphatic rings. The SMILES string of the molecule is C#CCCOc1ccc(N2CCNCC2)cc1.